The monoisotopic (exact) mass is 252 g/mol. The van der Waals surface area contributed by atoms with Crippen LogP contribution in [0.2, 0.25) is 0 Å². The Morgan fingerprint density at radius 1 is 1.35 bits per heavy atom. The van der Waals surface area contributed by atoms with Crippen molar-refractivity contribution in [1.82, 2.24) is 0 Å². The van der Waals surface area contributed by atoms with Crippen molar-refractivity contribution in [2.75, 3.05) is 12.0 Å². The van der Waals surface area contributed by atoms with Crippen LogP contribution in [0.3, 0.4) is 0 Å². The van der Waals surface area contributed by atoms with Crippen LogP contribution in [0.1, 0.15) is 35.2 Å². The summed E-state index contributed by atoms with van der Waals surface area (Å²) in [7, 11) is -3.00. The van der Waals surface area contributed by atoms with Crippen LogP contribution in [-0.2, 0) is 15.3 Å². The molecule has 0 unspecified atom stereocenters. The fourth-order valence-corrected chi connectivity index (χ4v) is 4.02. The second-order valence-electron chi connectivity index (χ2n) is 4.95. The Hall–Kier alpha value is -1.16. The summed E-state index contributed by atoms with van der Waals surface area (Å²) >= 11 is 0. The average molecular weight is 252 g/mol. The molecule has 1 aliphatic rings. The summed E-state index contributed by atoms with van der Waals surface area (Å²) in [6.07, 6.45) is 4.92. The Kier molecular flexibility index (Phi) is 3.08. The lowest BCUT2D eigenvalue weighted by Crippen LogP contribution is -2.40. The number of aldehydes is 1. The summed E-state index contributed by atoms with van der Waals surface area (Å²) in [5.74, 6) is 0.183. The molecule has 1 saturated carbocycles. The fraction of sp³-hybridized carbons (Fsp3) is 0.462. The normalized spacial score (nSPS) is 18.4. The summed E-state index contributed by atoms with van der Waals surface area (Å²) in [5, 5.41) is 0. The average Bonchev–Trinajstić information content (AvgIpc) is 2.22. The molecule has 0 aliphatic heterocycles. The Morgan fingerprint density at radius 2 is 2.06 bits per heavy atom. The van der Waals surface area contributed by atoms with Crippen LogP contribution in [0, 0.1) is 0 Å². The molecule has 0 spiro atoms. The Morgan fingerprint density at radius 3 is 2.53 bits per heavy atom. The lowest BCUT2D eigenvalue weighted by atomic mass is 9.65. The highest BCUT2D eigenvalue weighted by Crippen LogP contribution is 2.44. The van der Waals surface area contributed by atoms with Crippen molar-refractivity contribution < 1.29 is 13.2 Å². The van der Waals surface area contributed by atoms with Crippen molar-refractivity contribution in [2.45, 2.75) is 24.7 Å². The van der Waals surface area contributed by atoms with Crippen molar-refractivity contribution in [2.24, 2.45) is 0 Å². The maximum atomic E-state index is 11.5. The highest BCUT2D eigenvalue weighted by molar-refractivity contribution is 7.90. The van der Waals surface area contributed by atoms with Crippen LogP contribution >= 0.6 is 0 Å². The SMILES string of the molecule is CS(=O)(=O)CC1(c2cccc(C=O)c2)CCC1. The van der Waals surface area contributed by atoms with E-state index in [1.807, 2.05) is 18.2 Å². The van der Waals surface area contributed by atoms with Gasteiger partial charge in [0, 0.05) is 17.2 Å². The molecule has 2 rings (SSSR count). The maximum absolute atomic E-state index is 11.5. The van der Waals surface area contributed by atoms with Crippen LogP contribution < -0.4 is 0 Å². The van der Waals surface area contributed by atoms with E-state index in [2.05, 4.69) is 0 Å². The van der Waals surface area contributed by atoms with Gasteiger partial charge in [0.15, 0.2) is 0 Å². The number of hydrogen-bond donors (Lipinski definition) is 0. The molecule has 0 amide bonds. The fourth-order valence-electron chi connectivity index (χ4n) is 2.56. The maximum Gasteiger partial charge on any atom is 0.150 e. The van der Waals surface area contributed by atoms with E-state index in [1.54, 1.807) is 6.07 Å². The van der Waals surface area contributed by atoms with Crippen LogP contribution in [0.5, 0.6) is 0 Å². The van der Waals surface area contributed by atoms with Gasteiger partial charge in [-0.15, -0.1) is 0 Å². The molecule has 0 saturated heterocycles. The molecule has 1 aromatic carbocycles. The molecule has 1 aromatic rings. The number of benzene rings is 1. The Labute approximate surface area is 102 Å². The van der Waals surface area contributed by atoms with Gasteiger partial charge in [0.05, 0.1) is 5.75 Å². The number of carbonyl (C=O) groups is 1. The summed E-state index contributed by atoms with van der Waals surface area (Å²) < 4.78 is 23.0. The highest BCUT2D eigenvalue weighted by Gasteiger charge is 2.41. The predicted octanol–water partition coefficient (Wildman–Crippen LogP) is 1.97. The summed E-state index contributed by atoms with van der Waals surface area (Å²) in [6.45, 7) is 0. The van der Waals surface area contributed by atoms with Gasteiger partial charge in [0.2, 0.25) is 0 Å². The molecular weight excluding hydrogens is 236 g/mol. The zero-order valence-electron chi connectivity index (χ0n) is 9.85. The van der Waals surface area contributed by atoms with Crippen LogP contribution in [0.15, 0.2) is 24.3 Å². The van der Waals surface area contributed by atoms with Gasteiger partial charge in [-0.05, 0) is 24.5 Å². The Balaban J connectivity index is 2.37. The quantitative estimate of drug-likeness (QED) is 0.770. The first kappa shape index (κ1) is 12.3. The van der Waals surface area contributed by atoms with Crippen molar-refractivity contribution >= 4 is 16.1 Å². The number of hydrogen-bond acceptors (Lipinski definition) is 3. The van der Waals surface area contributed by atoms with E-state index in [-0.39, 0.29) is 11.2 Å². The van der Waals surface area contributed by atoms with Gasteiger partial charge >= 0.3 is 0 Å². The van der Waals surface area contributed by atoms with Gasteiger partial charge in [-0.1, -0.05) is 24.6 Å². The molecule has 92 valence electrons. The van der Waals surface area contributed by atoms with Gasteiger partial charge in [0.1, 0.15) is 16.1 Å². The van der Waals surface area contributed by atoms with E-state index in [9.17, 15) is 13.2 Å². The Bertz CT molecular complexity index is 527. The molecule has 0 bridgehead atoms. The first-order chi connectivity index (χ1) is 7.95. The largest absolute Gasteiger partial charge is 0.298 e. The molecular formula is C13H16O3S. The lowest BCUT2D eigenvalue weighted by molar-refractivity contribution is 0.112. The lowest BCUT2D eigenvalue weighted by Gasteiger charge is -2.42. The molecule has 17 heavy (non-hydrogen) atoms. The van der Waals surface area contributed by atoms with E-state index in [1.165, 1.54) is 6.26 Å². The molecule has 4 heteroatoms. The van der Waals surface area contributed by atoms with Crippen molar-refractivity contribution in [3.63, 3.8) is 0 Å². The molecule has 3 nitrogen and oxygen atoms in total. The summed E-state index contributed by atoms with van der Waals surface area (Å²) in [4.78, 5) is 10.8. The van der Waals surface area contributed by atoms with E-state index in [0.717, 1.165) is 31.1 Å². The molecule has 1 aliphatic carbocycles. The minimum atomic E-state index is -3.00. The molecule has 0 heterocycles. The molecule has 0 radical (unpaired) electrons. The van der Waals surface area contributed by atoms with Gasteiger partial charge in [0.25, 0.3) is 0 Å². The van der Waals surface area contributed by atoms with Gasteiger partial charge in [-0.3, -0.25) is 4.79 Å². The van der Waals surface area contributed by atoms with Gasteiger partial charge < -0.3 is 0 Å². The van der Waals surface area contributed by atoms with Crippen molar-refractivity contribution in [3.05, 3.63) is 35.4 Å². The highest BCUT2D eigenvalue weighted by atomic mass is 32.2. The van der Waals surface area contributed by atoms with Gasteiger partial charge in [-0.25, -0.2) is 8.42 Å². The minimum Gasteiger partial charge on any atom is -0.298 e. The van der Waals surface area contributed by atoms with Crippen LogP contribution in [0.25, 0.3) is 0 Å². The minimum absolute atomic E-state index is 0.183. The smallest absolute Gasteiger partial charge is 0.150 e. The molecule has 0 N–H and O–H groups in total. The van der Waals surface area contributed by atoms with Crippen LogP contribution in [0.4, 0.5) is 0 Å². The van der Waals surface area contributed by atoms with E-state index in [4.69, 9.17) is 0 Å². The molecule has 0 aromatic heterocycles. The third-order valence-electron chi connectivity index (χ3n) is 3.48. The third kappa shape index (κ3) is 2.57. The van der Waals surface area contributed by atoms with Crippen molar-refractivity contribution in [3.8, 4) is 0 Å². The second kappa shape index (κ2) is 4.26. The summed E-state index contributed by atoms with van der Waals surface area (Å²) in [5.41, 5.74) is 1.34. The van der Waals surface area contributed by atoms with E-state index in [0.29, 0.717) is 5.56 Å². The third-order valence-corrected chi connectivity index (χ3v) is 4.56. The van der Waals surface area contributed by atoms with Crippen LogP contribution in [-0.4, -0.2) is 26.7 Å². The zero-order valence-corrected chi connectivity index (χ0v) is 10.7. The number of rotatable bonds is 4. The first-order valence-electron chi connectivity index (χ1n) is 5.69. The second-order valence-corrected chi connectivity index (χ2v) is 7.09. The molecule has 0 atom stereocenters. The van der Waals surface area contributed by atoms with E-state index < -0.39 is 9.84 Å². The predicted molar refractivity (Wildman–Crippen MR) is 67.1 cm³/mol. The molecule has 1 fully saturated rings. The van der Waals surface area contributed by atoms with E-state index >= 15 is 0 Å². The number of carbonyl (C=O) groups excluding carboxylic acids is 1. The topological polar surface area (TPSA) is 51.2 Å². The van der Waals surface area contributed by atoms with Gasteiger partial charge in [-0.2, -0.15) is 0 Å². The first-order valence-corrected chi connectivity index (χ1v) is 7.75. The zero-order chi connectivity index (χ0) is 12.5. The number of sulfone groups is 1. The standard InChI is InChI=1S/C13H16O3S/c1-17(15,16)10-13(6-3-7-13)12-5-2-4-11(8-12)9-14/h2,4-5,8-9H,3,6-7,10H2,1H3. The summed E-state index contributed by atoms with van der Waals surface area (Å²) in [6, 6.07) is 7.30. The van der Waals surface area contributed by atoms with Crippen molar-refractivity contribution in [1.29, 1.82) is 0 Å².